The molecule has 3 rings (SSSR count). The highest BCUT2D eigenvalue weighted by atomic mass is 32.2. The summed E-state index contributed by atoms with van der Waals surface area (Å²) in [7, 11) is 0. The van der Waals surface area contributed by atoms with Crippen molar-refractivity contribution in [3.05, 3.63) is 29.3 Å². The van der Waals surface area contributed by atoms with Crippen molar-refractivity contribution < 1.29 is 5.11 Å². The largest absolute Gasteiger partial charge is 0.385 e. The van der Waals surface area contributed by atoms with Crippen molar-refractivity contribution in [1.82, 2.24) is 0 Å². The van der Waals surface area contributed by atoms with Gasteiger partial charge >= 0.3 is 0 Å². The van der Waals surface area contributed by atoms with Gasteiger partial charge in [0.2, 0.25) is 0 Å². The number of fused-ring (bicyclic) bond motifs is 1. The van der Waals surface area contributed by atoms with Gasteiger partial charge in [-0.3, -0.25) is 0 Å². The molecule has 0 aromatic heterocycles. The quantitative estimate of drug-likeness (QED) is 0.737. The Hall–Kier alpha value is -0.470. The fourth-order valence-electron chi connectivity index (χ4n) is 1.86. The van der Waals surface area contributed by atoms with Crippen LogP contribution in [0.25, 0.3) is 0 Å². The maximum absolute atomic E-state index is 9.92. The zero-order chi connectivity index (χ0) is 8.89. The number of thioether (sulfide) groups is 1. The number of benzene rings is 1. The van der Waals surface area contributed by atoms with E-state index in [4.69, 9.17) is 0 Å². The molecular weight excluding hydrogens is 180 g/mol. The van der Waals surface area contributed by atoms with E-state index in [0.29, 0.717) is 0 Å². The van der Waals surface area contributed by atoms with Gasteiger partial charge in [-0.1, -0.05) is 12.1 Å². The minimum atomic E-state index is -0.460. The summed E-state index contributed by atoms with van der Waals surface area (Å²) in [4.78, 5) is 1.39. The summed E-state index contributed by atoms with van der Waals surface area (Å²) in [6.07, 6.45) is 3.08. The lowest BCUT2D eigenvalue weighted by Crippen LogP contribution is -2.03. The molecule has 1 aromatic rings. The van der Waals surface area contributed by atoms with E-state index in [9.17, 15) is 5.11 Å². The molecule has 1 saturated carbocycles. The Bertz CT molecular complexity index is 355. The fraction of sp³-hybridized carbons (Fsp3) is 0.455. The van der Waals surface area contributed by atoms with Crippen molar-refractivity contribution in [3.8, 4) is 0 Å². The van der Waals surface area contributed by atoms with Crippen LogP contribution in [0, 0.1) is 0 Å². The molecule has 0 unspecified atom stereocenters. The second-order valence-electron chi connectivity index (χ2n) is 3.95. The summed E-state index contributed by atoms with van der Waals surface area (Å²) in [6, 6.07) is 6.46. The smallest absolute Gasteiger partial charge is 0.0899 e. The molecule has 1 fully saturated rings. The Morgan fingerprint density at radius 2 is 2.15 bits per heavy atom. The number of hydrogen-bond donors (Lipinski definition) is 1. The molecule has 1 nitrogen and oxygen atoms in total. The third-order valence-electron chi connectivity index (χ3n) is 2.96. The van der Waals surface area contributed by atoms with Crippen LogP contribution in [-0.4, -0.2) is 10.9 Å². The Labute approximate surface area is 82.2 Å². The molecule has 2 aliphatic rings. The van der Waals surface area contributed by atoms with Crippen molar-refractivity contribution in [2.75, 3.05) is 5.75 Å². The van der Waals surface area contributed by atoms with E-state index >= 15 is 0 Å². The standard InChI is InChI=1S/C11H12OS/c12-11(4-5-11)9-2-1-8-3-6-13-10(8)7-9/h1-2,7,12H,3-6H2. The maximum Gasteiger partial charge on any atom is 0.0899 e. The third kappa shape index (κ3) is 1.20. The van der Waals surface area contributed by atoms with Crippen LogP contribution in [0.4, 0.5) is 0 Å². The molecule has 1 N–H and O–H groups in total. The molecule has 68 valence electrons. The van der Waals surface area contributed by atoms with Gasteiger partial charge in [0.25, 0.3) is 0 Å². The van der Waals surface area contributed by atoms with E-state index in [2.05, 4.69) is 18.2 Å². The van der Waals surface area contributed by atoms with Crippen LogP contribution >= 0.6 is 11.8 Å². The molecule has 0 spiro atoms. The molecule has 1 aliphatic heterocycles. The average Bonchev–Trinajstić information content (AvgIpc) is 2.74. The van der Waals surface area contributed by atoms with Crippen LogP contribution < -0.4 is 0 Å². The highest BCUT2D eigenvalue weighted by molar-refractivity contribution is 7.99. The number of aliphatic hydroxyl groups is 1. The van der Waals surface area contributed by atoms with Gasteiger partial charge < -0.3 is 5.11 Å². The molecule has 1 heterocycles. The van der Waals surface area contributed by atoms with E-state index in [1.165, 1.54) is 22.6 Å². The highest BCUT2D eigenvalue weighted by Crippen LogP contribution is 2.47. The summed E-state index contributed by atoms with van der Waals surface area (Å²) in [5.74, 6) is 1.21. The fourth-order valence-corrected chi connectivity index (χ4v) is 2.97. The molecule has 1 aliphatic carbocycles. The van der Waals surface area contributed by atoms with Crippen LogP contribution in [0.2, 0.25) is 0 Å². The lowest BCUT2D eigenvalue weighted by atomic mass is 10.0. The number of rotatable bonds is 1. The van der Waals surface area contributed by atoms with Crippen molar-refractivity contribution in [2.24, 2.45) is 0 Å². The van der Waals surface area contributed by atoms with E-state index in [1.54, 1.807) is 0 Å². The van der Waals surface area contributed by atoms with Crippen LogP contribution in [0.15, 0.2) is 23.1 Å². The maximum atomic E-state index is 9.92. The van der Waals surface area contributed by atoms with Crippen molar-refractivity contribution in [3.63, 3.8) is 0 Å². The predicted octanol–water partition coefficient (Wildman–Crippen LogP) is 2.32. The van der Waals surface area contributed by atoms with Crippen molar-refractivity contribution >= 4 is 11.8 Å². The normalized spacial score (nSPS) is 22.8. The lowest BCUT2D eigenvalue weighted by Gasteiger charge is -2.09. The van der Waals surface area contributed by atoms with E-state index in [1.807, 2.05) is 11.8 Å². The molecule has 13 heavy (non-hydrogen) atoms. The predicted molar refractivity (Wildman–Crippen MR) is 54.0 cm³/mol. The first kappa shape index (κ1) is 7.89. The molecule has 1 aromatic carbocycles. The Morgan fingerprint density at radius 1 is 1.31 bits per heavy atom. The molecule has 0 bridgehead atoms. The summed E-state index contributed by atoms with van der Waals surface area (Å²) in [6.45, 7) is 0. The van der Waals surface area contributed by atoms with Gasteiger partial charge in [-0.15, -0.1) is 11.8 Å². The third-order valence-corrected chi connectivity index (χ3v) is 4.06. The molecule has 0 amide bonds. The minimum absolute atomic E-state index is 0.460. The lowest BCUT2D eigenvalue weighted by molar-refractivity contribution is 0.151. The van der Waals surface area contributed by atoms with Crippen molar-refractivity contribution in [2.45, 2.75) is 29.8 Å². The molecule has 2 heteroatoms. The van der Waals surface area contributed by atoms with Gasteiger partial charge in [-0.05, 0) is 36.5 Å². The topological polar surface area (TPSA) is 20.2 Å². The van der Waals surface area contributed by atoms with Gasteiger partial charge in [-0.2, -0.15) is 0 Å². The van der Waals surface area contributed by atoms with Crippen molar-refractivity contribution in [1.29, 1.82) is 0 Å². The highest BCUT2D eigenvalue weighted by Gasteiger charge is 2.42. The van der Waals surface area contributed by atoms with Gasteiger partial charge in [0.05, 0.1) is 5.60 Å². The van der Waals surface area contributed by atoms with Gasteiger partial charge in [0.15, 0.2) is 0 Å². The monoisotopic (exact) mass is 192 g/mol. The van der Waals surface area contributed by atoms with E-state index in [-0.39, 0.29) is 0 Å². The second kappa shape index (κ2) is 2.52. The number of hydrogen-bond acceptors (Lipinski definition) is 2. The summed E-state index contributed by atoms with van der Waals surface area (Å²) >= 11 is 1.91. The van der Waals surface area contributed by atoms with E-state index in [0.717, 1.165) is 18.4 Å². The SMILES string of the molecule is OC1(c2ccc3c(c2)SCC3)CC1. The molecule has 0 saturated heterocycles. The van der Waals surface area contributed by atoms with Gasteiger partial charge in [-0.25, -0.2) is 0 Å². The Balaban J connectivity index is 2.05. The van der Waals surface area contributed by atoms with Gasteiger partial charge in [0.1, 0.15) is 0 Å². The molecule has 0 atom stereocenters. The Kier molecular flexibility index (Phi) is 1.53. The van der Waals surface area contributed by atoms with E-state index < -0.39 is 5.60 Å². The molecule has 0 radical (unpaired) electrons. The summed E-state index contributed by atoms with van der Waals surface area (Å²) < 4.78 is 0. The average molecular weight is 192 g/mol. The zero-order valence-corrected chi connectivity index (χ0v) is 8.23. The number of aryl methyl sites for hydroxylation is 1. The summed E-state index contributed by atoms with van der Waals surface area (Å²) in [5, 5.41) is 9.92. The van der Waals surface area contributed by atoms with Gasteiger partial charge in [0, 0.05) is 10.6 Å². The zero-order valence-electron chi connectivity index (χ0n) is 7.42. The first-order valence-electron chi connectivity index (χ1n) is 4.77. The molecular formula is C11H12OS. The Morgan fingerprint density at radius 3 is 2.92 bits per heavy atom. The van der Waals surface area contributed by atoms with Crippen LogP contribution in [-0.2, 0) is 12.0 Å². The van der Waals surface area contributed by atoms with Crippen LogP contribution in [0.3, 0.4) is 0 Å². The second-order valence-corrected chi connectivity index (χ2v) is 5.09. The van der Waals surface area contributed by atoms with Crippen LogP contribution in [0.5, 0.6) is 0 Å². The summed E-state index contributed by atoms with van der Waals surface area (Å²) in [5.41, 5.74) is 2.12. The minimum Gasteiger partial charge on any atom is -0.385 e. The first-order chi connectivity index (χ1) is 6.28. The van der Waals surface area contributed by atoms with Crippen LogP contribution in [0.1, 0.15) is 24.0 Å². The first-order valence-corrected chi connectivity index (χ1v) is 5.75.